The lowest BCUT2D eigenvalue weighted by molar-refractivity contribution is -0.134. The summed E-state index contributed by atoms with van der Waals surface area (Å²) in [5.41, 5.74) is 1.19. The highest BCUT2D eigenvalue weighted by Crippen LogP contribution is 2.19. The zero-order valence-electron chi connectivity index (χ0n) is 17.2. The summed E-state index contributed by atoms with van der Waals surface area (Å²) in [6.45, 7) is 7.17. The standard InChI is InChI=1S/C21H32ClN3O3S/c1-2-3-8-25(20-7-13-29(27,28)17-20)16-21(26)24-11-9-23(10-12-24)15-18-5-4-6-19(22)14-18/h4-6,14,20H,2-3,7-13,15-17H2,1H3. The average molecular weight is 442 g/mol. The second-order valence-corrected chi connectivity index (χ2v) is 10.8. The van der Waals surface area contributed by atoms with Crippen LogP contribution in [0.1, 0.15) is 31.7 Å². The fraction of sp³-hybridized carbons (Fsp3) is 0.667. The predicted octanol–water partition coefficient (Wildman–Crippen LogP) is 2.27. The molecule has 1 amide bonds. The molecule has 3 rings (SSSR count). The molecule has 2 heterocycles. The van der Waals surface area contributed by atoms with Gasteiger partial charge in [-0.25, -0.2) is 8.42 Å². The summed E-state index contributed by atoms with van der Waals surface area (Å²) in [4.78, 5) is 19.3. The molecule has 8 heteroatoms. The van der Waals surface area contributed by atoms with Crippen LogP contribution in [0.5, 0.6) is 0 Å². The second kappa shape index (κ2) is 10.2. The van der Waals surface area contributed by atoms with E-state index in [0.717, 1.165) is 44.0 Å². The molecule has 29 heavy (non-hydrogen) atoms. The minimum atomic E-state index is -2.95. The molecule has 0 bridgehead atoms. The Kier molecular flexibility index (Phi) is 7.96. The van der Waals surface area contributed by atoms with Gasteiger partial charge in [0.25, 0.3) is 0 Å². The van der Waals surface area contributed by atoms with Crippen molar-refractivity contribution in [3.8, 4) is 0 Å². The molecule has 6 nitrogen and oxygen atoms in total. The van der Waals surface area contributed by atoms with Gasteiger partial charge in [-0.1, -0.05) is 37.1 Å². The quantitative estimate of drug-likeness (QED) is 0.619. The van der Waals surface area contributed by atoms with Crippen molar-refractivity contribution in [2.24, 2.45) is 0 Å². The van der Waals surface area contributed by atoms with E-state index < -0.39 is 9.84 Å². The van der Waals surface area contributed by atoms with Gasteiger partial charge in [0.1, 0.15) is 0 Å². The van der Waals surface area contributed by atoms with Crippen molar-refractivity contribution in [2.75, 3.05) is 50.8 Å². The lowest BCUT2D eigenvalue weighted by Crippen LogP contribution is -2.52. The van der Waals surface area contributed by atoms with Crippen molar-refractivity contribution in [3.63, 3.8) is 0 Å². The number of benzene rings is 1. The topological polar surface area (TPSA) is 60.9 Å². The number of nitrogens with zero attached hydrogens (tertiary/aromatic N) is 3. The SMILES string of the molecule is CCCCN(CC(=O)N1CCN(Cc2cccc(Cl)c2)CC1)C1CCS(=O)(=O)C1. The molecule has 1 aromatic carbocycles. The Morgan fingerprint density at radius 2 is 2.00 bits per heavy atom. The largest absolute Gasteiger partial charge is 0.339 e. The van der Waals surface area contributed by atoms with Crippen LogP contribution in [0.4, 0.5) is 0 Å². The Morgan fingerprint density at radius 1 is 1.24 bits per heavy atom. The van der Waals surface area contributed by atoms with Gasteiger partial charge < -0.3 is 4.90 Å². The fourth-order valence-electron chi connectivity index (χ4n) is 4.14. The van der Waals surface area contributed by atoms with Crippen LogP contribution in [-0.4, -0.2) is 85.8 Å². The second-order valence-electron chi connectivity index (χ2n) is 8.17. The molecular formula is C21H32ClN3O3S. The van der Waals surface area contributed by atoms with E-state index in [4.69, 9.17) is 11.6 Å². The summed E-state index contributed by atoms with van der Waals surface area (Å²) in [5.74, 6) is 0.557. The molecule has 0 radical (unpaired) electrons. The molecule has 0 aromatic heterocycles. The van der Waals surface area contributed by atoms with Crippen molar-refractivity contribution in [2.45, 2.75) is 38.8 Å². The Labute approximate surface area is 179 Å². The maximum atomic E-state index is 12.9. The van der Waals surface area contributed by atoms with Crippen LogP contribution in [0.3, 0.4) is 0 Å². The molecule has 0 saturated carbocycles. The molecule has 0 aliphatic carbocycles. The van der Waals surface area contributed by atoms with Crippen LogP contribution in [0.15, 0.2) is 24.3 Å². The van der Waals surface area contributed by atoms with E-state index in [1.165, 1.54) is 5.56 Å². The number of rotatable bonds is 8. The highest BCUT2D eigenvalue weighted by Gasteiger charge is 2.33. The van der Waals surface area contributed by atoms with Crippen molar-refractivity contribution in [3.05, 3.63) is 34.9 Å². The first-order chi connectivity index (χ1) is 13.9. The normalized spacial score (nSPS) is 22.3. The Bertz CT molecular complexity index is 794. The van der Waals surface area contributed by atoms with E-state index in [0.29, 0.717) is 26.1 Å². The van der Waals surface area contributed by atoms with Crippen LogP contribution in [-0.2, 0) is 21.2 Å². The van der Waals surface area contributed by atoms with E-state index in [9.17, 15) is 13.2 Å². The summed E-state index contributed by atoms with van der Waals surface area (Å²) in [5, 5.41) is 0.748. The number of carbonyl (C=O) groups is 1. The van der Waals surface area contributed by atoms with Crippen LogP contribution in [0.25, 0.3) is 0 Å². The average Bonchev–Trinajstić information content (AvgIpc) is 3.05. The van der Waals surface area contributed by atoms with Crippen LogP contribution in [0, 0.1) is 0 Å². The monoisotopic (exact) mass is 441 g/mol. The van der Waals surface area contributed by atoms with Crippen LogP contribution in [0.2, 0.25) is 5.02 Å². The number of unbranched alkanes of at least 4 members (excludes halogenated alkanes) is 1. The molecule has 0 spiro atoms. The minimum absolute atomic E-state index is 0.0142. The van der Waals surface area contributed by atoms with Gasteiger partial charge in [-0.3, -0.25) is 14.6 Å². The zero-order chi connectivity index (χ0) is 20.9. The fourth-order valence-corrected chi connectivity index (χ4v) is 6.11. The van der Waals surface area contributed by atoms with Gasteiger partial charge in [0.15, 0.2) is 9.84 Å². The maximum absolute atomic E-state index is 12.9. The number of hydrogen-bond donors (Lipinski definition) is 0. The molecule has 2 saturated heterocycles. The molecule has 2 fully saturated rings. The van der Waals surface area contributed by atoms with Gasteiger partial charge in [-0.15, -0.1) is 0 Å². The lowest BCUT2D eigenvalue weighted by Gasteiger charge is -2.36. The van der Waals surface area contributed by atoms with E-state index in [1.807, 2.05) is 23.1 Å². The number of sulfone groups is 1. The summed E-state index contributed by atoms with van der Waals surface area (Å²) < 4.78 is 23.8. The van der Waals surface area contributed by atoms with Crippen molar-refractivity contribution >= 4 is 27.3 Å². The van der Waals surface area contributed by atoms with Gasteiger partial charge >= 0.3 is 0 Å². The molecule has 0 N–H and O–H groups in total. The summed E-state index contributed by atoms with van der Waals surface area (Å²) in [6, 6.07) is 7.89. The first-order valence-corrected chi connectivity index (χ1v) is 12.8. The lowest BCUT2D eigenvalue weighted by atomic mass is 10.2. The number of carbonyl (C=O) groups excluding carboxylic acids is 1. The number of amides is 1. The molecule has 162 valence electrons. The molecular weight excluding hydrogens is 410 g/mol. The highest BCUT2D eigenvalue weighted by molar-refractivity contribution is 7.91. The highest BCUT2D eigenvalue weighted by atomic mass is 35.5. The van der Waals surface area contributed by atoms with Gasteiger partial charge in [0, 0.05) is 43.8 Å². The molecule has 1 aromatic rings. The molecule has 1 unspecified atom stereocenters. The molecule has 2 aliphatic heterocycles. The smallest absolute Gasteiger partial charge is 0.236 e. The number of piperazine rings is 1. The maximum Gasteiger partial charge on any atom is 0.236 e. The third kappa shape index (κ3) is 6.67. The van der Waals surface area contributed by atoms with E-state index in [2.05, 4.69) is 22.8 Å². The van der Waals surface area contributed by atoms with Crippen LogP contribution >= 0.6 is 11.6 Å². The third-order valence-electron chi connectivity index (χ3n) is 5.88. The van der Waals surface area contributed by atoms with E-state index in [1.54, 1.807) is 0 Å². The molecule has 2 aliphatic rings. The van der Waals surface area contributed by atoms with E-state index in [-0.39, 0.29) is 23.5 Å². The summed E-state index contributed by atoms with van der Waals surface area (Å²) in [6.07, 6.45) is 2.66. The molecule has 1 atom stereocenters. The first-order valence-electron chi connectivity index (χ1n) is 10.6. The Balaban J connectivity index is 1.50. The Morgan fingerprint density at radius 3 is 2.62 bits per heavy atom. The number of halogens is 1. The van der Waals surface area contributed by atoms with Crippen LogP contribution < -0.4 is 0 Å². The van der Waals surface area contributed by atoms with Crippen molar-refractivity contribution in [1.29, 1.82) is 0 Å². The summed E-state index contributed by atoms with van der Waals surface area (Å²) >= 11 is 6.07. The van der Waals surface area contributed by atoms with Crippen molar-refractivity contribution < 1.29 is 13.2 Å². The van der Waals surface area contributed by atoms with Gasteiger partial charge in [0.05, 0.1) is 18.1 Å². The number of hydrogen-bond acceptors (Lipinski definition) is 5. The predicted molar refractivity (Wildman–Crippen MR) is 117 cm³/mol. The Hall–Kier alpha value is -1.15. The van der Waals surface area contributed by atoms with Gasteiger partial charge in [0.2, 0.25) is 5.91 Å². The minimum Gasteiger partial charge on any atom is -0.339 e. The zero-order valence-corrected chi connectivity index (χ0v) is 18.8. The third-order valence-corrected chi connectivity index (χ3v) is 7.87. The summed E-state index contributed by atoms with van der Waals surface area (Å²) in [7, 11) is -2.95. The first kappa shape index (κ1) is 22.5. The van der Waals surface area contributed by atoms with E-state index >= 15 is 0 Å². The van der Waals surface area contributed by atoms with Gasteiger partial charge in [-0.2, -0.15) is 0 Å². The van der Waals surface area contributed by atoms with Crippen molar-refractivity contribution in [1.82, 2.24) is 14.7 Å². The van der Waals surface area contributed by atoms with Gasteiger partial charge in [-0.05, 0) is 37.1 Å².